The molecule has 0 aliphatic carbocycles. The van der Waals surface area contributed by atoms with Crippen LogP contribution in [0.2, 0.25) is 5.02 Å². The van der Waals surface area contributed by atoms with Gasteiger partial charge < -0.3 is 4.74 Å². The molecule has 4 rings (SSSR count). The summed E-state index contributed by atoms with van der Waals surface area (Å²) in [6.45, 7) is 0.419. The number of Topliss-reactive ketones (excluding diaryl/α,β-unsaturated/α-hetero) is 1. The van der Waals surface area contributed by atoms with Gasteiger partial charge in [-0.15, -0.1) is 0 Å². The number of hydrogen-bond acceptors (Lipinski definition) is 3. The number of fused-ring (bicyclic) bond motifs is 1. The third kappa shape index (κ3) is 3.55. The van der Waals surface area contributed by atoms with E-state index in [4.69, 9.17) is 16.3 Å². The molecule has 26 heavy (non-hydrogen) atoms. The molecule has 1 aliphatic heterocycles. The molecule has 0 bridgehead atoms. The summed E-state index contributed by atoms with van der Waals surface area (Å²) in [6.07, 6.45) is 1.90. The minimum atomic E-state index is 0.0650. The van der Waals surface area contributed by atoms with Gasteiger partial charge in [0.1, 0.15) is 12.4 Å². The summed E-state index contributed by atoms with van der Waals surface area (Å²) in [6, 6.07) is 23.0. The van der Waals surface area contributed by atoms with Gasteiger partial charge in [0, 0.05) is 21.0 Å². The Labute approximate surface area is 161 Å². The normalized spacial score (nSPS) is 14.5. The van der Waals surface area contributed by atoms with Crippen molar-refractivity contribution in [3.05, 3.63) is 99.4 Å². The van der Waals surface area contributed by atoms with Gasteiger partial charge in [-0.3, -0.25) is 4.79 Å². The molecule has 0 N–H and O–H groups in total. The largest absolute Gasteiger partial charge is 0.488 e. The third-order valence-electron chi connectivity index (χ3n) is 4.06. The van der Waals surface area contributed by atoms with E-state index in [0.29, 0.717) is 16.5 Å². The highest BCUT2D eigenvalue weighted by Gasteiger charge is 2.25. The molecule has 1 aliphatic rings. The second-order valence-electron chi connectivity index (χ2n) is 5.89. The predicted octanol–water partition coefficient (Wildman–Crippen LogP) is 6.25. The van der Waals surface area contributed by atoms with E-state index in [1.54, 1.807) is 0 Å². The highest BCUT2D eigenvalue weighted by molar-refractivity contribution is 8.04. The predicted molar refractivity (Wildman–Crippen MR) is 107 cm³/mol. The molecule has 0 amide bonds. The monoisotopic (exact) mass is 378 g/mol. The Bertz CT molecular complexity index is 1010. The molecule has 3 aromatic carbocycles. The van der Waals surface area contributed by atoms with E-state index in [1.165, 1.54) is 11.8 Å². The van der Waals surface area contributed by atoms with Crippen LogP contribution in [0.25, 0.3) is 6.08 Å². The van der Waals surface area contributed by atoms with E-state index in [0.717, 1.165) is 27.3 Å². The molecule has 0 saturated carbocycles. The Kier molecular flexibility index (Phi) is 4.83. The second kappa shape index (κ2) is 7.40. The van der Waals surface area contributed by atoms with Crippen molar-refractivity contribution in [3.8, 4) is 5.75 Å². The van der Waals surface area contributed by atoms with Crippen LogP contribution >= 0.6 is 23.4 Å². The zero-order valence-electron chi connectivity index (χ0n) is 13.8. The van der Waals surface area contributed by atoms with Crippen LogP contribution < -0.4 is 4.74 Å². The first-order valence-electron chi connectivity index (χ1n) is 8.20. The fraction of sp³-hybridized carbons (Fsp3) is 0.0455. The molecule has 4 heteroatoms. The van der Waals surface area contributed by atoms with Crippen molar-refractivity contribution in [1.82, 2.24) is 0 Å². The zero-order chi connectivity index (χ0) is 17.9. The van der Waals surface area contributed by atoms with Gasteiger partial charge >= 0.3 is 0 Å². The number of rotatable bonds is 4. The summed E-state index contributed by atoms with van der Waals surface area (Å²) < 4.78 is 5.98. The molecule has 0 fully saturated rings. The summed E-state index contributed by atoms with van der Waals surface area (Å²) in [5, 5.41) is 0.687. The molecule has 0 unspecified atom stereocenters. The van der Waals surface area contributed by atoms with E-state index in [-0.39, 0.29) is 5.78 Å². The highest BCUT2D eigenvalue weighted by Crippen LogP contribution is 2.41. The maximum absolute atomic E-state index is 12.6. The standard InChI is InChI=1S/C22H15ClO2S/c23-17-8-5-6-15(12-17)14-25-19-10-3-1-7-16(19)13-21-22(24)18-9-2-4-11-20(18)26-21/h1-13H,14H2/b21-13-. The van der Waals surface area contributed by atoms with Gasteiger partial charge in [-0.05, 0) is 42.0 Å². The quantitative estimate of drug-likeness (QED) is 0.502. The molecule has 0 atom stereocenters. The van der Waals surface area contributed by atoms with Gasteiger partial charge in [0.2, 0.25) is 5.78 Å². The molecule has 2 nitrogen and oxygen atoms in total. The average molecular weight is 379 g/mol. The SMILES string of the molecule is O=C1/C(=C/c2ccccc2OCc2cccc(Cl)c2)Sc2ccccc21. The van der Waals surface area contributed by atoms with Crippen molar-refractivity contribution in [2.75, 3.05) is 0 Å². The van der Waals surface area contributed by atoms with Crippen LogP contribution in [0.3, 0.4) is 0 Å². The van der Waals surface area contributed by atoms with E-state index in [1.807, 2.05) is 78.9 Å². The molecule has 0 radical (unpaired) electrons. The number of allylic oxidation sites excluding steroid dienone is 1. The van der Waals surface area contributed by atoms with E-state index >= 15 is 0 Å². The minimum absolute atomic E-state index is 0.0650. The summed E-state index contributed by atoms with van der Waals surface area (Å²) >= 11 is 7.53. The van der Waals surface area contributed by atoms with Crippen molar-refractivity contribution >= 4 is 35.2 Å². The summed E-state index contributed by atoms with van der Waals surface area (Å²) in [7, 11) is 0. The minimum Gasteiger partial charge on any atom is -0.488 e. The van der Waals surface area contributed by atoms with Crippen LogP contribution in [0, 0.1) is 0 Å². The third-order valence-corrected chi connectivity index (χ3v) is 5.40. The molecular weight excluding hydrogens is 364 g/mol. The lowest BCUT2D eigenvalue weighted by Gasteiger charge is -2.10. The Hall–Kier alpha value is -2.49. The highest BCUT2D eigenvalue weighted by atomic mass is 35.5. The number of benzene rings is 3. The van der Waals surface area contributed by atoms with Gasteiger partial charge in [-0.2, -0.15) is 0 Å². The number of thioether (sulfide) groups is 1. The first-order chi connectivity index (χ1) is 12.7. The average Bonchev–Trinajstić information content (AvgIpc) is 2.97. The van der Waals surface area contributed by atoms with E-state index in [2.05, 4.69) is 0 Å². The maximum Gasteiger partial charge on any atom is 0.200 e. The van der Waals surface area contributed by atoms with Crippen LogP contribution in [-0.2, 0) is 6.61 Å². The Balaban J connectivity index is 1.58. The number of hydrogen-bond donors (Lipinski definition) is 0. The number of para-hydroxylation sites is 1. The van der Waals surface area contributed by atoms with E-state index in [9.17, 15) is 4.79 Å². The second-order valence-corrected chi connectivity index (χ2v) is 7.41. The van der Waals surface area contributed by atoms with Crippen molar-refractivity contribution in [2.24, 2.45) is 0 Å². The van der Waals surface area contributed by atoms with Crippen LogP contribution in [0.1, 0.15) is 21.5 Å². The van der Waals surface area contributed by atoms with Crippen LogP contribution in [0.5, 0.6) is 5.75 Å². The molecule has 128 valence electrons. The smallest absolute Gasteiger partial charge is 0.200 e. The topological polar surface area (TPSA) is 26.3 Å². The van der Waals surface area contributed by atoms with Gasteiger partial charge in [0.05, 0.1) is 4.91 Å². The lowest BCUT2D eigenvalue weighted by molar-refractivity contribution is 0.104. The zero-order valence-corrected chi connectivity index (χ0v) is 15.4. The van der Waals surface area contributed by atoms with Gasteiger partial charge in [0.15, 0.2) is 0 Å². The maximum atomic E-state index is 12.6. The Morgan fingerprint density at radius 2 is 1.77 bits per heavy atom. The lowest BCUT2D eigenvalue weighted by Crippen LogP contribution is -1.98. The van der Waals surface area contributed by atoms with Crippen molar-refractivity contribution in [3.63, 3.8) is 0 Å². The van der Waals surface area contributed by atoms with E-state index < -0.39 is 0 Å². The molecular formula is C22H15ClO2S. The summed E-state index contributed by atoms with van der Waals surface area (Å²) in [5.74, 6) is 0.805. The Morgan fingerprint density at radius 1 is 0.962 bits per heavy atom. The number of carbonyl (C=O) groups excluding carboxylic acids is 1. The van der Waals surface area contributed by atoms with Gasteiger partial charge in [0.25, 0.3) is 0 Å². The van der Waals surface area contributed by atoms with Crippen molar-refractivity contribution < 1.29 is 9.53 Å². The number of halogens is 1. The van der Waals surface area contributed by atoms with Crippen LogP contribution in [0.4, 0.5) is 0 Å². The molecule has 3 aromatic rings. The van der Waals surface area contributed by atoms with Crippen molar-refractivity contribution in [2.45, 2.75) is 11.5 Å². The van der Waals surface area contributed by atoms with Gasteiger partial charge in [-0.25, -0.2) is 0 Å². The first-order valence-corrected chi connectivity index (χ1v) is 9.40. The van der Waals surface area contributed by atoms with Crippen LogP contribution in [0.15, 0.2) is 82.6 Å². The molecule has 1 heterocycles. The van der Waals surface area contributed by atoms with Gasteiger partial charge in [-0.1, -0.05) is 65.8 Å². The molecule has 0 aromatic heterocycles. The molecule has 0 spiro atoms. The lowest BCUT2D eigenvalue weighted by atomic mass is 10.1. The summed E-state index contributed by atoms with van der Waals surface area (Å²) in [4.78, 5) is 14.3. The van der Waals surface area contributed by atoms with Crippen molar-refractivity contribution in [1.29, 1.82) is 0 Å². The number of carbonyl (C=O) groups is 1. The van der Waals surface area contributed by atoms with Crippen LogP contribution in [-0.4, -0.2) is 5.78 Å². The fourth-order valence-corrected chi connectivity index (χ4v) is 4.05. The first kappa shape index (κ1) is 17.0. The Morgan fingerprint density at radius 3 is 2.62 bits per heavy atom. The number of ether oxygens (including phenoxy) is 1. The molecule has 0 saturated heterocycles. The summed E-state index contributed by atoms with van der Waals surface area (Å²) in [5.41, 5.74) is 2.65. The number of ketones is 1. The fourth-order valence-electron chi connectivity index (χ4n) is 2.80.